The molecule has 4 heteroatoms. The number of rotatable bonds is 9. The van der Waals surface area contributed by atoms with Crippen molar-refractivity contribution < 1.29 is 9.53 Å². The van der Waals surface area contributed by atoms with E-state index in [0.29, 0.717) is 19.6 Å². The van der Waals surface area contributed by atoms with Crippen molar-refractivity contribution in [1.82, 2.24) is 10.6 Å². The van der Waals surface area contributed by atoms with E-state index in [2.05, 4.69) is 34.9 Å². The molecule has 0 saturated heterocycles. The predicted molar refractivity (Wildman–Crippen MR) is 93.3 cm³/mol. The summed E-state index contributed by atoms with van der Waals surface area (Å²) in [5.74, 6) is 0.0472. The Balaban J connectivity index is 1.74. The second kappa shape index (κ2) is 9.77. The summed E-state index contributed by atoms with van der Waals surface area (Å²) in [5, 5.41) is 6.10. The van der Waals surface area contributed by atoms with Gasteiger partial charge in [0.15, 0.2) is 0 Å². The van der Waals surface area contributed by atoms with Crippen molar-refractivity contribution in [1.29, 1.82) is 0 Å². The zero-order chi connectivity index (χ0) is 16.3. The molecule has 122 valence electrons. The van der Waals surface area contributed by atoms with Crippen molar-refractivity contribution in [2.45, 2.75) is 6.42 Å². The summed E-state index contributed by atoms with van der Waals surface area (Å²) in [6.07, 6.45) is 0.410. The molecule has 0 aliphatic rings. The van der Waals surface area contributed by atoms with Gasteiger partial charge in [0.05, 0.1) is 13.0 Å². The van der Waals surface area contributed by atoms with Crippen LogP contribution < -0.4 is 10.6 Å². The lowest BCUT2D eigenvalue weighted by atomic mass is 10.0. The van der Waals surface area contributed by atoms with Gasteiger partial charge in [-0.15, -0.1) is 0 Å². The molecule has 0 saturated carbocycles. The van der Waals surface area contributed by atoms with Crippen LogP contribution in [0.2, 0.25) is 0 Å². The first kappa shape index (κ1) is 17.2. The number of benzene rings is 2. The Morgan fingerprint density at radius 1 is 0.913 bits per heavy atom. The fourth-order valence-corrected chi connectivity index (χ4v) is 2.28. The van der Waals surface area contributed by atoms with Crippen molar-refractivity contribution in [2.24, 2.45) is 0 Å². The number of hydrogen-bond acceptors (Lipinski definition) is 3. The van der Waals surface area contributed by atoms with Gasteiger partial charge in [-0.2, -0.15) is 0 Å². The molecule has 2 aromatic rings. The number of carbonyl (C=O) groups excluding carboxylic acids is 1. The molecule has 0 aliphatic carbocycles. The van der Waals surface area contributed by atoms with E-state index in [9.17, 15) is 4.79 Å². The molecule has 4 nitrogen and oxygen atoms in total. The number of carbonyl (C=O) groups is 1. The molecule has 2 N–H and O–H groups in total. The molecule has 0 heterocycles. The largest absolute Gasteiger partial charge is 0.383 e. The molecule has 2 rings (SSSR count). The van der Waals surface area contributed by atoms with E-state index in [1.54, 1.807) is 7.11 Å². The monoisotopic (exact) mass is 312 g/mol. The lowest BCUT2D eigenvalue weighted by Crippen LogP contribution is -2.33. The minimum Gasteiger partial charge on any atom is -0.383 e. The van der Waals surface area contributed by atoms with Gasteiger partial charge in [0, 0.05) is 26.7 Å². The summed E-state index contributed by atoms with van der Waals surface area (Å²) in [5.41, 5.74) is 3.37. The molecule has 0 unspecified atom stereocenters. The van der Waals surface area contributed by atoms with Crippen LogP contribution >= 0.6 is 0 Å². The molecule has 1 amide bonds. The van der Waals surface area contributed by atoms with Crippen molar-refractivity contribution >= 4 is 5.91 Å². The zero-order valence-corrected chi connectivity index (χ0v) is 13.5. The minimum atomic E-state index is 0.0472. The summed E-state index contributed by atoms with van der Waals surface area (Å²) in [6.45, 7) is 2.86. The van der Waals surface area contributed by atoms with Gasteiger partial charge in [0.2, 0.25) is 5.91 Å². The predicted octanol–water partition coefficient (Wildman–Crippen LogP) is 2.25. The highest BCUT2D eigenvalue weighted by molar-refractivity contribution is 5.78. The fraction of sp³-hybridized carbons (Fsp3) is 0.316. The van der Waals surface area contributed by atoms with E-state index in [1.165, 1.54) is 5.56 Å². The highest BCUT2D eigenvalue weighted by Gasteiger charge is 2.03. The topological polar surface area (TPSA) is 50.4 Å². The van der Waals surface area contributed by atoms with E-state index < -0.39 is 0 Å². The Morgan fingerprint density at radius 2 is 1.61 bits per heavy atom. The van der Waals surface area contributed by atoms with Gasteiger partial charge in [-0.05, 0) is 16.7 Å². The Bertz CT molecular complexity index is 582. The van der Waals surface area contributed by atoms with Gasteiger partial charge in [-0.3, -0.25) is 4.79 Å². The van der Waals surface area contributed by atoms with Gasteiger partial charge < -0.3 is 15.4 Å². The highest BCUT2D eigenvalue weighted by atomic mass is 16.5. The third-order valence-electron chi connectivity index (χ3n) is 3.53. The van der Waals surface area contributed by atoms with Crippen LogP contribution in [0.15, 0.2) is 54.6 Å². The van der Waals surface area contributed by atoms with Crippen LogP contribution in [-0.2, 0) is 16.0 Å². The number of amides is 1. The lowest BCUT2D eigenvalue weighted by molar-refractivity contribution is -0.120. The van der Waals surface area contributed by atoms with E-state index in [0.717, 1.165) is 24.2 Å². The third kappa shape index (κ3) is 6.22. The summed E-state index contributed by atoms with van der Waals surface area (Å²) in [4.78, 5) is 11.9. The van der Waals surface area contributed by atoms with Crippen LogP contribution in [0.3, 0.4) is 0 Å². The van der Waals surface area contributed by atoms with Crippen LogP contribution in [0.5, 0.6) is 0 Å². The second-order valence-corrected chi connectivity index (χ2v) is 5.33. The summed E-state index contributed by atoms with van der Waals surface area (Å²) >= 11 is 0. The fourth-order valence-electron chi connectivity index (χ4n) is 2.28. The first-order chi connectivity index (χ1) is 11.3. The third-order valence-corrected chi connectivity index (χ3v) is 3.53. The van der Waals surface area contributed by atoms with Crippen LogP contribution in [0.25, 0.3) is 11.1 Å². The smallest absolute Gasteiger partial charge is 0.224 e. The quantitative estimate of drug-likeness (QED) is 0.698. The maximum atomic E-state index is 11.9. The molecule has 0 aliphatic heterocycles. The first-order valence-electron chi connectivity index (χ1n) is 7.90. The Morgan fingerprint density at radius 3 is 2.30 bits per heavy atom. The molecule has 2 aromatic carbocycles. The maximum Gasteiger partial charge on any atom is 0.224 e. The minimum absolute atomic E-state index is 0.0472. The molecule has 0 aromatic heterocycles. The average molecular weight is 312 g/mol. The van der Waals surface area contributed by atoms with Gasteiger partial charge in [0.25, 0.3) is 0 Å². The molecule has 0 bridgehead atoms. The van der Waals surface area contributed by atoms with Gasteiger partial charge in [0.1, 0.15) is 0 Å². The van der Waals surface area contributed by atoms with Crippen molar-refractivity contribution in [2.75, 3.05) is 33.4 Å². The standard InChI is InChI=1S/C19H24N2O2/c1-23-14-13-20-11-12-21-19(22)15-16-7-9-18(10-8-16)17-5-3-2-4-6-17/h2-10,20H,11-15H2,1H3,(H,21,22). The Kier molecular flexibility index (Phi) is 7.30. The van der Waals surface area contributed by atoms with Crippen LogP contribution in [-0.4, -0.2) is 39.3 Å². The SMILES string of the molecule is COCCNCCNC(=O)Cc1ccc(-c2ccccc2)cc1. The number of ether oxygens (including phenoxy) is 1. The molecule has 0 atom stereocenters. The highest BCUT2D eigenvalue weighted by Crippen LogP contribution is 2.19. The average Bonchev–Trinajstić information content (AvgIpc) is 2.59. The zero-order valence-electron chi connectivity index (χ0n) is 13.5. The van der Waals surface area contributed by atoms with Gasteiger partial charge in [-0.25, -0.2) is 0 Å². The van der Waals surface area contributed by atoms with Crippen molar-refractivity contribution in [3.63, 3.8) is 0 Å². The van der Waals surface area contributed by atoms with Gasteiger partial charge in [-0.1, -0.05) is 54.6 Å². The van der Waals surface area contributed by atoms with Crippen LogP contribution in [0, 0.1) is 0 Å². The van der Waals surface area contributed by atoms with Crippen molar-refractivity contribution in [3.05, 3.63) is 60.2 Å². The van der Waals surface area contributed by atoms with Crippen molar-refractivity contribution in [3.8, 4) is 11.1 Å². The molecule has 23 heavy (non-hydrogen) atoms. The number of methoxy groups -OCH3 is 1. The Hall–Kier alpha value is -2.17. The second-order valence-electron chi connectivity index (χ2n) is 5.33. The molecule has 0 spiro atoms. The van der Waals surface area contributed by atoms with E-state index >= 15 is 0 Å². The van der Waals surface area contributed by atoms with Crippen LogP contribution in [0.1, 0.15) is 5.56 Å². The Labute approximate surface area is 137 Å². The van der Waals surface area contributed by atoms with Crippen LogP contribution in [0.4, 0.5) is 0 Å². The molecular formula is C19H24N2O2. The molecule has 0 radical (unpaired) electrons. The van der Waals surface area contributed by atoms with E-state index in [-0.39, 0.29) is 5.91 Å². The lowest BCUT2D eigenvalue weighted by Gasteiger charge is -2.07. The molecular weight excluding hydrogens is 288 g/mol. The number of hydrogen-bond donors (Lipinski definition) is 2. The number of nitrogens with one attached hydrogen (secondary N) is 2. The molecule has 0 fully saturated rings. The summed E-state index contributed by atoms with van der Waals surface area (Å²) < 4.78 is 4.94. The van der Waals surface area contributed by atoms with E-state index in [1.807, 2.05) is 30.3 Å². The first-order valence-corrected chi connectivity index (χ1v) is 7.90. The summed E-state index contributed by atoms with van der Waals surface area (Å²) in [6, 6.07) is 18.4. The normalized spacial score (nSPS) is 10.5. The van der Waals surface area contributed by atoms with Gasteiger partial charge >= 0.3 is 0 Å². The maximum absolute atomic E-state index is 11.9. The summed E-state index contributed by atoms with van der Waals surface area (Å²) in [7, 11) is 1.67. The van der Waals surface area contributed by atoms with E-state index in [4.69, 9.17) is 4.74 Å².